The van der Waals surface area contributed by atoms with Crippen molar-refractivity contribution in [3.8, 4) is 0 Å². The summed E-state index contributed by atoms with van der Waals surface area (Å²) in [5.74, 6) is -0.953. The number of nitrogens with zero attached hydrogens (tertiary/aromatic N) is 4. The number of carbonyl (C=O) groups excluding carboxylic acids is 3. The molecule has 0 bridgehead atoms. The number of H-pyrrole nitrogens is 2. The third-order valence-electron chi connectivity index (χ3n) is 5.94. The van der Waals surface area contributed by atoms with Gasteiger partial charge in [-0.3, -0.25) is 24.7 Å². The van der Waals surface area contributed by atoms with Crippen LogP contribution in [-0.4, -0.2) is 75.6 Å². The van der Waals surface area contributed by atoms with E-state index in [-0.39, 0.29) is 42.4 Å². The highest BCUT2D eigenvalue weighted by molar-refractivity contribution is 9.10. The van der Waals surface area contributed by atoms with Crippen LogP contribution in [0.2, 0.25) is 0 Å². The van der Waals surface area contributed by atoms with Gasteiger partial charge in [-0.05, 0) is 40.1 Å². The maximum absolute atomic E-state index is 13.7. The van der Waals surface area contributed by atoms with Crippen LogP contribution >= 0.6 is 15.9 Å². The van der Waals surface area contributed by atoms with Crippen molar-refractivity contribution in [3.05, 3.63) is 51.6 Å². The third kappa shape index (κ3) is 4.37. The third-order valence-corrected chi connectivity index (χ3v) is 6.40. The van der Waals surface area contributed by atoms with Crippen molar-refractivity contribution >= 4 is 63.1 Å². The smallest absolute Gasteiger partial charge is 0.369 e. The number of nitrogens with one attached hydrogen (secondary N) is 4. The van der Waals surface area contributed by atoms with E-state index in [0.29, 0.717) is 41.2 Å². The summed E-state index contributed by atoms with van der Waals surface area (Å²) in [6, 6.07) is 2.75. The van der Waals surface area contributed by atoms with E-state index in [1.807, 2.05) is 0 Å². The molecule has 2 aromatic rings. The molecule has 0 radical (unpaired) electrons. The number of fused-ring (bicyclic) bond motifs is 1. The fraction of sp³-hybridized carbons (Fsp3) is 0.227. The molecule has 1 atom stereocenters. The summed E-state index contributed by atoms with van der Waals surface area (Å²) >= 11 is 3.30. The Balaban J connectivity index is 1.45. The molecule has 3 amide bonds. The van der Waals surface area contributed by atoms with E-state index < -0.39 is 11.9 Å². The second-order valence-electron chi connectivity index (χ2n) is 8.26. The topological polar surface area (TPSA) is 199 Å². The quantitative estimate of drug-likeness (QED) is 0.248. The minimum atomic E-state index is -0.631. The van der Waals surface area contributed by atoms with E-state index >= 15 is 0 Å². The number of carbonyl (C=O) groups is 3. The number of aliphatic imine (C=N–C) groups is 3. The van der Waals surface area contributed by atoms with Gasteiger partial charge >= 0.3 is 5.96 Å². The Morgan fingerprint density at radius 2 is 2.14 bits per heavy atom. The summed E-state index contributed by atoms with van der Waals surface area (Å²) in [6.07, 6.45) is 5.41. The van der Waals surface area contributed by atoms with Crippen LogP contribution in [0.5, 0.6) is 0 Å². The van der Waals surface area contributed by atoms with Crippen molar-refractivity contribution in [2.75, 3.05) is 13.1 Å². The minimum absolute atomic E-state index is 0.0162. The molecule has 3 aliphatic heterocycles. The molecule has 0 fully saturated rings. The van der Waals surface area contributed by atoms with Crippen LogP contribution in [0.1, 0.15) is 39.4 Å². The number of halogens is 1. The van der Waals surface area contributed by atoms with Crippen LogP contribution in [0.3, 0.4) is 0 Å². The Hall–Kier alpha value is -4.33. The molecule has 5 rings (SSSR count). The highest BCUT2D eigenvalue weighted by atomic mass is 79.9. The zero-order chi connectivity index (χ0) is 25.4. The molecule has 0 aromatic carbocycles. The van der Waals surface area contributed by atoms with Gasteiger partial charge in [0.15, 0.2) is 5.71 Å². The van der Waals surface area contributed by atoms with Crippen molar-refractivity contribution in [3.63, 3.8) is 0 Å². The summed E-state index contributed by atoms with van der Waals surface area (Å²) in [7, 11) is 0. The molecule has 8 N–H and O–H groups in total. The molecule has 0 spiro atoms. The second kappa shape index (κ2) is 9.37. The van der Waals surface area contributed by atoms with Crippen molar-refractivity contribution < 1.29 is 19.8 Å². The standard InChI is InChI=1S/C22H21BrN10O3/c23-10-5-15(28-7-10)18(34)29-9-12(6-11-8-30-21(24)31-11)33-20(36)17(32-22(33)25)14-2-4-27-19(35)16-13(14)1-3-26-16/h1,3,5,7-8,12,24,26,28H,2,4,6,9H2,(H2,25,32)(H,27,35)(H,29,34)/p+1/b17-14+,24-21?. The molecule has 0 aliphatic carbocycles. The monoisotopic (exact) mass is 553 g/mol. The molecule has 13 nitrogen and oxygen atoms in total. The highest BCUT2D eigenvalue weighted by Crippen LogP contribution is 2.32. The molecule has 184 valence electrons. The first kappa shape index (κ1) is 23.4. The van der Waals surface area contributed by atoms with Gasteiger partial charge < -0.3 is 26.3 Å². The lowest BCUT2D eigenvalue weighted by atomic mass is 10.0. The number of guanidine groups is 2. The van der Waals surface area contributed by atoms with Gasteiger partial charge in [-0.2, -0.15) is 0 Å². The first-order valence-corrected chi connectivity index (χ1v) is 11.8. The van der Waals surface area contributed by atoms with Gasteiger partial charge in [0.1, 0.15) is 23.3 Å². The van der Waals surface area contributed by atoms with Gasteiger partial charge in [-0.25, -0.2) is 4.99 Å². The lowest BCUT2D eigenvalue weighted by Gasteiger charge is -2.26. The molecule has 0 saturated carbocycles. The van der Waals surface area contributed by atoms with E-state index in [2.05, 4.69) is 51.5 Å². The van der Waals surface area contributed by atoms with Gasteiger partial charge in [0.2, 0.25) is 5.96 Å². The maximum atomic E-state index is 13.7. The van der Waals surface area contributed by atoms with Gasteiger partial charge in [-0.15, -0.1) is 0 Å². The van der Waals surface area contributed by atoms with Crippen LogP contribution in [0.15, 0.2) is 49.7 Å². The Morgan fingerprint density at radius 3 is 2.86 bits per heavy atom. The van der Waals surface area contributed by atoms with E-state index in [0.717, 1.165) is 4.47 Å². The molecule has 14 heteroatoms. The van der Waals surface area contributed by atoms with E-state index in [1.54, 1.807) is 24.5 Å². The summed E-state index contributed by atoms with van der Waals surface area (Å²) in [5, 5.41) is 11.3. The molecule has 1 unspecified atom stereocenters. The Kier molecular flexibility index (Phi) is 6.10. The van der Waals surface area contributed by atoms with Gasteiger partial charge in [-0.1, -0.05) is 9.98 Å². The lowest BCUT2D eigenvalue weighted by Crippen LogP contribution is -2.51. The van der Waals surface area contributed by atoms with E-state index in [9.17, 15) is 14.4 Å². The number of nitrogens with two attached hydrogens (primary N) is 2. The number of rotatable bonds is 6. The van der Waals surface area contributed by atoms with Crippen LogP contribution in [0, 0.1) is 0 Å². The number of aromatic nitrogens is 2. The minimum Gasteiger partial charge on any atom is -0.369 e. The molecule has 3 aliphatic rings. The average molecular weight is 554 g/mol. The molecular weight excluding hydrogens is 532 g/mol. The predicted octanol–water partition coefficient (Wildman–Crippen LogP) is -1.06. The molecule has 5 heterocycles. The van der Waals surface area contributed by atoms with Crippen LogP contribution in [0.4, 0.5) is 0 Å². The fourth-order valence-corrected chi connectivity index (χ4v) is 4.65. The molecule has 36 heavy (non-hydrogen) atoms. The summed E-state index contributed by atoms with van der Waals surface area (Å²) in [6.45, 7) is 0.402. The van der Waals surface area contributed by atoms with E-state index in [4.69, 9.17) is 11.1 Å². The Bertz CT molecular complexity index is 1410. The highest BCUT2D eigenvalue weighted by Gasteiger charge is 2.39. The van der Waals surface area contributed by atoms with Gasteiger partial charge in [0, 0.05) is 41.9 Å². The molecule has 2 aromatic heterocycles. The molecular formula is C22H22BrN10O3+. The van der Waals surface area contributed by atoms with Crippen LogP contribution in [-0.2, 0) is 4.79 Å². The zero-order valence-electron chi connectivity index (χ0n) is 18.8. The van der Waals surface area contributed by atoms with Crippen molar-refractivity contribution in [2.24, 2.45) is 20.7 Å². The zero-order valence-corrected chi connectivity index (χ0v) is 20.4. The van der Waals surface area contributed by atoms with Gasteiger partial charge in [0.05, 0.1) is 6.04 Å². The van der Waals surface area contributed by atoms with Crippen molar-refractivity contribution in [2.45, 2.75) is 18.9 Å². The van der Waals surface area contributed by atoms with Gasteiger partial charge in [0.25, 0.3) is 17.7 Å². The SMILES string of the molecule is NC1=N/C(=C2\CCNC(=O)c3[nH]ccc32)C(=O)N1C(CNC(=O)c1cc(Br)c[nH]1)CC1=NC(=[NH2+])N=C1. The fourth-order valence-electron chi connectivity index (χ4n) is 4.31. The Morgan fingerprint density at radius 1 is 1.31 bits per heavy atom. The summed E-state index contributed by atoms with van der Waals surface area (Å²) < 4.78 is 0.731. The summed E-state index contributed by atoms with van der Waals surface area (Å²) in [5.41, 5.74) is 8.86. The van der Waals surface area contributed by atoms with Crippen molar-refractivity contribution in [1.82, 2.24) is 25.5 Å². The Labute approximate surface area is 212 Å². The van der Waals surface area contributed by atoms with Crippen LogP contribution in [0.25, 0.3) is 5.57 Å². The predicted molar refractivity (Wildman–Crippen MR) is 135 cm³/mol. The number of aromatic amines is 2. The number of amides is 3. The second-order valence-corrected chi connectivity index (χ2v) is 9.18. The lowest BCUT2D eigenvalue weighted by molar-refractivity contribution is -0.124. The van der Waals surface area contributed by atoms with Crippen molar-refractivity contribution in [1.29, 1.82) is 0 Å². The largest absolute Gasteiger partial charge is 0.423 e. The first-order chi connectivity index (χ1) is 17.3. The summed E-state index contributed by atoms with van der Waals surface area (Å²) in [4.78, 5) is 58.3. The average Bonchev–Trinajstić information content (AvgIpc) is 3.62. The number of hydrogen-bond acceptors (Lipinski definition) is 5. The molecule has 0 saturated heterocycles. The normalized spacial score (nSPS) is 20.1. The number of hydrogen-bond donors (Lipinski definition) is 6. The van der Waals surface area contributed by atoms with E-state index in [1.165, 1.54) is 11.1 Å². The maximum Gasteiger partial charge on any atom is 0.423 e. The van der Waals surface area contributed by atoms with Crippen LogP contribution < -0.4 is 21.8 Å². The first-order valence-electron chi connectivity index (χ1n) is 11.0.